The third kappa shape index (κ3) is 1.95. The number of benzene rings is 4. The summed E-state index contributed by atoms with van der Waals surface area (Å²) in [6.45, 7) is 0. The molecule has 98 valence electrons. The molecule has 0 spiro atoms. The quantitative estimate of drug-likeness (QED) is 0.467. The van der Waals surface area contributed by atoms with Gasteiger partial charge in [-0.3, -0.25) is 0 Å². The minimum absolute atomic E-state index is 0.752. The van der Waals surface area contributed by atoms with E-state index >= 15 is 0 Å². The Labute approximate surface area is 132 Å². The maximum absolute atomic E-state index is 6.32. The van der Waals surface area contributed by atoms with Crippen LogP contribution < -0.4 is 10.9 Å². The normalized spacial score (nSPS) is 11.1. The Morgan fingerprint density at radius 1 is 0.455 bits per heavy atom. The fourth-order valence-electron chi connectivity index (χ4n) is 3.13. The first-order chi connectivity index (χ1) is 10.8. The van der Waals surface area contributed by atoms with Crippen LogP contribution in [-0.2, 0) is 0 Å². The van der Waals surface area contributed by atoms with Crippen molar-refractivity contribution < 1.29 is 0 Å². The smallest absolute Gasteiger partial charge is 0.0883 e. The van der Waals surface area contributed by atoms with Crippen molar-refractivity contribution in [1.29, 1.82) is 0 Å². The highest BCUT2D eigenvalue weighted by Gasteiger charge is 2.12. The predicted octanol–water partition coefficient (Wildman–Crippen LogP) is 3.25. The summed E-state index contributed by atoms with van der Waals surface area (Å²) in [5, 5.41) is 4.59. The van der Waals surface area contributed by atoms with Crippen molar-refractivity contribution in [2.75, 3.05) is 0 Å². The molecule has 22 heavy (non-hydrogen) atoms. The van der Waals surface area contributed by atoms with E-state index in [1.807, 2.05) is 36.4 Å². The molecule has 4 radical (unpaired) electrons. The van der Waals surface area contributed by atoms with Crippen molar-refractivity contribution in [3.63, 3.8) is 0 Å². The average Bonchev–Trinajstić information content (AvgIpc) is 2.56. The maximum Gasteiger partial charge on any atom is 0.114 e. The molecular weight excluding hydrogens is 262 g/mol. The van der Waals surface area contributed by atoms with Gasteiger partial charge in [0.05, 0.1) is 0 Å². The largest absolute Gasteiger partial charge is 0.114 e. The van der Waals surface area contributed by atoms with E-state index in [9.17, 15) is 0 Å². The lowest BCUT2D eigenvalue weighted by Crippen LogP contribution is -2.14. The highest BCUT2D eigenvalue weighted by molar-refractivity contribution is 6.43. The molecule has 0 bridgehead atoms. The molecular formula is C20H12B2. The number of hydrogen-bond acceptors (Lipinski definition) is 0. The van der Waals surface area contributed by atoms with Crippen LogP contribution in [0.25, 0.3) is 32.7 Å². The van der Waals surface area contributed by atoms with Gasteiger partial charge < -0.3 is 0 Å². The van der Waals surface area contributed by atoms with E-state index in [2.05, 4.69) is 36.4 Å². The van der Waals surface area contributed by atoms with Gasteiger partial charge in [0.15, 0.2) is 0 Å². The topological polar surface area (TPSA) is 0 Å². The summed E-state index contributed by atoms with van der Waals surface area (Å²) >= 11 is 0. The Morgan fingerprint density at radius 2 is 0.864 bits per heavy atom. The van der Waals surface area contributed by atoms with Gasteiger partial charge in [-0.1, -0.05) is 83.7 Å². The van der Waals surface area contributed by atoms with Gasteiger partial charge in [-0.15, -0.1) is 0 Å². The van der Waals surface area contributed by atoms with Crippen molar-refractivity contribution in [1.82, 2.24) is 0 Å². The molecule has 0 aromatic heterocycles. The molecule has 0 aliphatic heterocycles. The van der Waals surface area contributed by atoms with Crippen molar-refractivity contribution in [3.8, 4) is 11.1 Å². The molecule has 0 atom stereocenters. The molecule has 4 rings (SSSR count). The molecule has 4 aromatic carbocycles. The lowest BCUT2D eigenvalue weighted by Gasteiger charge is -2.16. The number of rotatable bonds is 1. The zero-order valence-corrected chi connectivity index (χ0v) is 12.1. The molecule has 0 nitrogen and oxygen atoms in total. The first kappa shape index (κ1) is 13.2. The van der Waals surface area contributed by atoms with Gasteiger partial charge in [0.25, 0.3) is 0 Å². The van der Waals surface area contributed by atoms with Crippen LogP contribution in [-0.4, -0.2) is 15.7 Å². The third-order valence-corrected chi connectivity index (χ3v) is 4.17. The molecule has 0 saturated carbocycles. The van der Waals surface area contributed by atoms with Crippen LogP contribution in [0.2, 0.25) is 0 Å². The fourth-order valence-corrected chi connectivity index (χ4v) is 3.13. The summed E-state index contributed by atoms with van der Waals surface area (Å²) in [7, 11) is 12.6. The van der Waals surface area contributed by atoms with E-state index in [1.165, 1.54) is 10.8 Å². The molecule has 4 aromatic rings. The zero-order chi connectivity index (χ0) is 15.1. The van der Waals surface area contributed by atoms with Crippen LogP contribution in [0.5, 0.6) is 0 Å². The standard InChI is InChI=1S/C20H12B2/c21-17-11-9-13-5-1-3-7-15(13)19(17)20-16-8-4-2-6-14(16)10-12-18(20)22/h1-12H. The summed E-state index contributed by atoms with van der Waals surface area (Å²) in [6, 6.07) is 24.6. The van der Waals surface area contributed by atoms with Gasteiger partial charge in [-0.05, 0) is 32.7 Å². The Balaban J connectivity index is 2.21. The Hall–Kier alpha value is -2.47. The summed E-state index contributed by atoms with van der Waals surface area (Å²) in [4.78, 5) is 0. The van der Waals surface area contributed by atoms with Crippen LogP contribution in [0.15, 0.2) is 72.8 Å². The van der Waals surface area contributed by atoms with E-state index in [-0.39, 0.29) is 0 Å². The summed E-state index contributed by atoms with van der Waals surface area (Å²) in [5.74, 6) is 0. The summed E-state index contributed by atoms with van der Waals surface area (Å²) in [5.41, 5.74) is 3.54. The van der Waals surface area contributed by atoms with E-state index in [1.54, 1.807) is 0 Å². The van der Waals surface area contributed by atoms with Gasteiger partial charge >= 0.3 is 0 Å². The number of hydrogen-bond donors (Lipinski definition) is 0. The molecule has 0 amide bonds. The van der Waals surface area contributed by atoms with Gasteiger partial charge in [0, 0.05) is 0 Å². The van der Waals surface area contributed by atoms with E-state index < -0.39 is 0 Å². The van der Waals surface area contributed by atoms with E-state index in [4.69, 9.17) is 15.7 Å². The van der Waals surface area contributed by atoms with Crippen LogP contribution in [0.1, 0.15) is 0 Å². The Kier molecular flexibility index (Phi) is 3.04. The SMILES string of the molecule is [B]c1ccc2ccccc2c1-c1c([B])ccc2ccccc12. The van der Waals surface area contributed by atoms with Crippen molar-refractivity contribution in [2.45, 2.75) is 0 Å². The van der Waals surface area contributed by atoms with Crippen molar-refractivity contribution in [3.05, 3.63) is 72.8 Å². The van der Waals surface area contributed by atoms with Gasteiger partial charge in [-0.2, -0.15) is 0 Å². The van der Waals surface area contributed by atoms with Crippen LogP contribution in [0.4, 0.5) is 0 Å². The average molecular weight is 274 g/mol. The van der Waals surface area contributed by atoms with Gasteiger partial charge in [0.2, 0.25) is 0 Å². The van der Waals surface area contributed by atoms with E-state index in [0.29, 0.717) is 0 Å². The molecule has 2 heteroatoms. The Morgan fingerprint density at radius 3 is 1.32 bits per heavy atom. The predicted molar refractivity (Wildman–Crippen MR) is 97.7 cm³/mol. The van der Waals surface area contributed by atoms with Crippen molar-refractivity contribution >= 4 is 48.2 Å². The molecule has 0 saturated heterocycles. The first-order valence-electron chi connectivity index (χ1n) is 7.30. The molecule has 0 N–H and O–H groups in total. The molecule has 0 unspecified atom stereocenters. The number of fused-ring (bicyclic) bond motifs is 2. The lowest BCUT2D eigenvalue weighted by atomic mass is 9.77. The maximum atomic E-state index is 6.32. The van der Waals surface area contributed by atoms with Crippen LogP contribution in [0.3, 0.4) is 0 Å². The first-order valence-corrected chi connectivity index (χ1v) is 7.30. The zero-order valence-electron chi connectivity index (χ0n) is 12.1. The van der Waals surface area contributed by atoms with Crippen molar-refractivity contribution in [2.24, 2.45) is 0 Å². The highest BCUT2D eigenvalue weighted by Crippen LogP contribution is 2.31. The monoisotopic (exact) mass is 274 g/mol. The van der Waals surface area contributed by atoms with Crippen LogP contribution >= 0.6 is 0 Å². The summed E-state index contributed by atoms with van der Waals surface area (Å²) < 4.78 is 0. The Bertz CT molecular complexity index is 920. The lowest BCUT2D eigenvalue weighted by molar-refractivity contribution is 1.73. The fraction of sp³-hybridized carbons (Fsp3) is 0. The van der Waals surface area contributed by atoms with Gasteiger partial charge in [-0.25, -0.2) is 0 Å². The molecule has 0 aliphatic rings. The van der Waals surface area contributed by atoms with Crippen LogP contribution in [0, 0.1) is 0 Å². The molecule has 0 aliphatic carbocycles. The third-order valence-electron chi connectivity index (χ3n) is 4.17. The molecule has 0 fully saturated rings. The summed E-state index contributed by atoms with van der Waals surface area (Å²) in [6.07, 6.45) is 0. The van der Waals surface area contributed by atoms with Gasteiger partial charge in [0.1, 0.15) is 15.7 Å². The second kappa shape index (κ2) is 5.06. The minimum atomic E-state index is 0.752. The molecule has 0 heterocycles. The second-order valence-corrected chi connectivity index (χ2v) is 5.50. The van der Waals surface area contributed by atoms with E-state index in [0.717, 1.165) is 32.8 Å². The minimum Gasteiger partial charge on any atom is -0.0883 e. The second-order valence-electron chi connectivity index (χ2n) is 5.50. The highest BCUT2D eigenvalue weighted by atomic mass is 14.1.